The first-order valence-corrected chi connectivity index (χ1v) is 9.16. The molecule has 136 valence electrons. The van der Waals surface area contributed by atoms with Gasteiger partial charge in [0.05, 0.1) is 5.52 Å². The van der Waals surface area contributed by atoms with Gasteiger partial charge in [0.25, 0.3) is 0 Å². The fraction of sp³-hybridized carbons (Fsp3) is 0.450. The van der Waals surface area contributed by atoms with Gasteiger partial charge in [-0.1, -0.05) is 19.0 Å². The summed E-state index contributed by atoms with van der Waals surface area (Å²) in [6.07, 6.45) is 1.88. The number of hydrogen-bond donors (Lipinski definition) is 0. The SMILES string of the molecule is Cc1cc(N2CCC(c3nc(C(C)C)no3)CC2)c2cc(F)ccc2n1. The van der Waals surface area contributed by atoms with Crippen molar-refractivity contribution in [2.45, 2.75) is 45.4 Å². The van der Waals surface area contributed by atoms with Crippen LogP contribution in [0.15, 0.2) is 28.8 Å². The maximum absolute atomic E-state index is 13.8. The van der Waals surface area contributed by atoms with Gasteiger partial charge in [-0.15, -0.1) is 0 Å². The quantitative estimate of drug-likeness (QED) is 0.689. The Morgan fingerprint density at radius 1 is 1.15 bits per heavy atom. The summed E-state index contributed by atoms with van der Waals surface area (Å²) in [6.45, 7) is 7.85. The fourth-order valence-electron chi connectivity index (χ4n) is 3.59. The Labute approximate surface area is 152 Å². The van der Waals surface area contributed by atoms with Crippen LogP contribution in [0, 0.1) is 12.7 Å². The van der Waals surface area contributed by atoms with Gasteiger partial charge in [0.1, 0.15) is 5.82 Å². The first-order valence-electron chi connectivity index (χ1n) is 9.16. The van der Waals surface area contributed by atoms with Crippen LogP contribution in [0.25, 0.3) is 10.9 Å². The summed E-state index contributed by atoms with van der Waals surface area (Å²) in [7, 11) is 0. The number of benzene rings is 1. The summed E-state index contributed by atoms with van der Waals surface area (Å²) in [5.41, 5.74) is 2.83. The molecule has 1 aliphatic heterocycles. The lowest BCUT2D eigenvalue weighted by Crippen LogP contribution is -2.33. The van der Waals surface area contributed by atoms with Crippen LogP contribution in [0.1, 0.15) is 55.9 Å². The minimum absolute atomic E-state index is 0.230. The van der Waals surface area contributed by atoms with E-state index in [1.807, 2.05) is 13.0 Å². The summed E-state index contributed by atoms with van der Waals surface area (Å²) in [5, 5.41) is 4.95. The molecule has 0 spiro atoms. The van der Waals surface area contributed by atoms with Crippen molar-refractivity contribution in [1.82, 2.24) is 15.1 Å². The maximum atomic E-state index is 13.8. The third-order valence-electron chi connectivity index (χ3n) is 5.04. The molecule has 0 aliphatic carbocycles. The van der Waals surface area contributed by atoms with Gasteiger partial charge in [-0.05, 0) is 44.0 Å². The van der Waals surface area contributed by atoms with Gasteiger partial charge in [-0.3, -0.25) is 4.98 Å². The number of fused-ring (bicyclic) bond motifs is 1. The zero-order valence-electron chi connectivity index (χ0n) is 15.4. The Balaban J connectivity index is 1.56. The summed E-state index contributed by atoms with van der Waals surface area (Å²) in [6, 6.07) is 6.84. The molecule has 1 aromatic carbocycles. The van der Waals surface area contributed by atoms with Crippen LogP contribution in [-0.2, 0) is 0 Å². The minimum atomic E-state index is -0.230. The van der Waals surface area contributed by atoms with Crippen molar-refractivity contribution in [3.05, 3.63) is 47.5 Å². The summed E-state index contributed by atoms with van der Waals surface area (Å²) < 4.78 is 19.2. The van der Waals surface area contributed by atoms with Gasteiger partial charge >= 0.3 is 0 Å². The highest BCUT2D eigenvalue weighted by atomic mass is 19.1. The molecule has 1 aliphatic rings. The molecule has 1 saturated heterocycles. The number of anilines is 1. The van der Waals surface area contributed by atoms with Gasteiger partial charge in [0, 0.05) is 41.7 Å². The Hall–Kier alpha value is -2.50. The van der Waals surface area contributed by atoms with Crippen molar-refractivity contribution < 1.29 is 8.91 Å². The molecule has 5 nitrogen and oxygen atoms in total. The zero-order chi connectivity index (χ0) is 18.3. The van der Waals surface area contributed by atoms with Crippen molar-refractivity contribution in [2.75, 3.05) is 18.0 Å². The van der Waals surface area contributed by atoms with Crippen LogP contribution in [0.3, 0.4) is 0 Å². The van der Waals surface area contributed by atoms with Crippen molar-refractivity contribution in [1.29, 1.82) is 0 Å². The summed E-state index contributed by atoms with van der Waals surface area (Å²) >= 11 is 0. The van der Waals surface area contributed by atoms with Crippen LogP contribution in [-0.4, -0.2) is 28.2 Å². The van der Waals surface area contributed by atoms with Crippen LogP contribution >= 0.6 is 0 Å². The number of aromatic nitrogens is 3. The van der Waals surface area contributed by atoms with E-state index in [9.17, 15) is 4.39 Å². The van der Waals surface area contributed by atoms with Crippen molar-refractivity contribution in [3.8, 4) is 0 Å². The molecule has 26 heavy (non-hydrogen) atoms. The van der Waals surface area contributed by atoms with Crippen LogP contribution < -0.4 is 4.90 Å². The van der Waals surface area contributed by atoms with Crippen molar-refractivity contribution in [3.63, 3.8) is 0 Å². The molecule has 3 aromatic rings. The number of rotatable bonds is 3. The van der Waals surface area contributed by atoms with Crippen molar-refractivity contribution in [2.24, 2.45) is 0 Å². The van der Waals surface area contributed by atoms with E-state index >= 15 is 0 Å². The smallest absolute Gasteiger partial charge is 0.229 e. The van der Waals surface area contributed by atoms with Crippen molar-refractivity contribution >= 4 is 16.6 Å². The van der Waals surface area contributed by atoms with Crippen LogP contribution in [0.5, 0.6) is 0 Å². The van der Waals surface area contributed by atoms with E-state index in [1.165, 1.54) is 6.07 Å². The molecule has 4 rings (SSSR count). The first kappa shape index (κ1) is 16.9. The van der Waals surface area contributed by atoms with E-state index in [1.54, 1.807) is 12.1 Å². The summed E-state index contributed by atoms with van der Waals surface area (Å²) in [4.78, 5) is 11.4. The molecule has 0 saturated carbocycles. The highest BCUT2D eigenvalue weighted by Crippen LogP contribution is 2.34. The lowest BCUT2D eigenvalue weighted by atomic mass is 9.96. The van der Waals surface area contributed by atoms with E-state index in [2.05, 4.69) is 33.9 Å². The van der Waals surface area contributed by atoms with E-state index in [0.29, 0.717) is 0 Å². The average Bonchev–Trinajstić information content (AvgIpc) is 3.12. The van der Waals surface area contributed by atoms with Gasteiger partial charge < -0.3 is 9.42 Å². The highest BCUT2D eigenvalue weighted by molar-refractivity contribution is 5.92. The predicted octanol–water partition coefficient (Wildman–Crippen LogP) is 4.57. The second-order valence-corrected chi connectivity index (χ2v) is 7.35. The Morgan fingerprint density at radius 2 is 1.92 bits per heavy atom. The molecule has 0 bridgehead atoms. The molecule has 6 heteroatoms. The van der Waals surface area contributed by atoms with Crippen LogP contribution in [0.2, 0.25) is 0 Å². The molecular weight excluding hydrogens is 331 g/mol. The maximum Gasteiger partial charge on any atom is 0.229 e. The van der Waals surface area contributed by atoms with Gasteiger partial charge in [-0.2, -0.15) is 4.98 Å². The average molecular weight is 354 g/mol. The van der Waals surface area contributed by atoms with E-state index < -0.39 is 0 Å². The lowest BCUT2D eigenvalue weighted by molar-refractivity contribution is 0.326. The number of piperidine rings is 1. The zero-order valence-corrected chi connectivity index (χ0v) is 15.4. The number of pyridine rings is 1. The number of hydrogen-bond acceptors (Lipinski definition) is 5. The van der Waals surface area contributed by atoms with E-state index in [4.69, 9.17) is 4.52 Å². The lowest BCUT2D eigenvalue weighted by Gasteiger charge is -2.33. The Kier molecular flexibility index (Phi) is 4.34. The number of aryl methyl sites for hydroxylation is 1. The van der Waals surface area contributed by atoms with E-state index in [0.717, 1.165) is 59.9 Å². The predicted molar refractivity (Wildman–Crippen MR) is 99.0 cm³/mol. The van der Waals surface area contributed by atoms with Gasteiger partial charge in [0.15, 0.2) is 5.82 Å². The standard InChI is InChI=1S/C20H23FN4O/c1-12(2)19-23-20(26-24-19)14-6-8-25(9-7-14)18-10-13(3)22-17-5-4-15(21)11-16(17)18/h4-5,10-12,14H,6-9H2,1-3H3. The monoisotopic (exact) mass is 354 g/mol. The topological polar surface area (TPSA) is 55.1 Å². The normalized spacial score (nSPS) is 16.0. The molecule has 2 aromatic heterocycles. The summed E-state index contributed by atoms with van der Waals surface area (Å²) in [5.74, 6) is 1.85. The van der Waals surface area contributed by atoms with Gasteiger partial charge in [0.2, 0.25) is 5.89 Å². The highest BCUT2D eigenvalue weighted by Gasteiger charge is 2.26. The molecule has 1 fully saturated rings. The first-order chi connectivity index (χ1) is 12.5. The second kappa shape index (κ2) is 6.67. The molecular formula is C20H23FN4O. The molecule has 0 radical (unpaired) electrons. The molecule has 0 unspecified atom stereocenters. The largest absolute Gasteiger partial charge is 0.371 e. The Morgan fingerprint density at radius 3 is 2.62 bits per heavy atom. The minimum Gasteiger partial charge on any atom is -0.371 e. The fourth-order valence-corrected chi connectivity index (χ4v) is 3.59. The third kappa shape index (κ3) is 3.16. The number of nitrogens with zero attached hydrogens (tertiary/aromatic N) is 4. The van der Waals surface area contributed by atoms with Crippen LogP contribution in [0.4, 0.5) is 10.1 Å². The molecule has 3 heterocycles. The number of halogens is 1. The molecule has 0 amide bonds. The third-order valence-corrected chi connectivity index (χ3v) is 5.04. The van der Waals surface area contributed by atoms with Gasteiger partial charge in [-0.25, -0.2) is 4.39 Å². The Bertz CT molecular complexity index is 929. The van der Waals surface area contributed by atoms with E-state index in [-0.39, 0.29) is 17.7 Å². The molecule has 0 N–H and O–H groups in total. The second-order valence-electron chi connectivity index (χ2n) is 7.35. The molecule has 0 atom stereocenters.